The minimum absolute atomic E-state index is 0.0437. The van der Waals surface area contributed by atoms with Crippen LogP contribution in [0.25, 0.3) is 0 Å². The molecule has 0 spiro atoms. The number of hydrogen-bond acceptors (Lipinski definition) is 4. The van der Waals surface area contributed by atoms with Crippen LogP contribution in [0.2, 0.25) is 0 Å². The van der Waals surface area contributed by atoms with Crippen LogP contribution in [0, 0.1) is 5.92 Å². The van der Waals surface area contributed by atoms with Crippen molar-refractivity contribution in [3.8, 4) is 0 Å². The summed E-state index contributed by atoms with van der Waals surface area (Å²) in [4.78, 5) is 24.0. The first-order valence-electron chi connectivity index (χ1n) is 7.53. The number of nitrogens with one attached hydrogen (secondary N) is 1. The number of thioether (sulfide) groups is 1. The summed E-state index contributed by atoms with van der Waals surface area (Å²) >= 11 is 1.33. The van der Waals surface area contributed by atoms with Crippen molar-refractivity contribution >= 4 is 23.5 Å². The predicted molar refractivity (Wildman–Crippen MR) is 93.2 cm³/mol. The molecule has 0 aromatic heterocycles. The molecule has 4 nitrogen and oxygen atoms in total. The zero-order valence-corrected chi connectivity index (χ0v) is 14.4. The highest BCUT2D eigenvalue weighted by molar-refractivity contribution is 8.00. The molecule has 1 aromatic carbocycles. The fraction of sp³-hybridized carbons (Fsp3) is 0.529. The van der Waals surface area contributed by atoms with Crippen LogP contribution < -0.4 is 11.1 Å². The molecule has 1 unspecified atom stereocenters. The number of benzene rings is 1. The average Bonchev–Trinajstić information content (AvgIpc) is 2.47. The van der Waals surface area contributed by atoms with Crippen LogP contribution in [-0.4, -0.2) is 35.3 Å². The first-order valence-corrected chi connectivity index (χ1v) is 8.69. The van der Waals surface area contributed by atoms with Crippen molar-refractivity contribution in [1.29, 1.82) is 0 Å². The summed E-state index contributed by atoms with van der Waals surface area (Å²) < 4.78 is 0. The first-order chi connectivity index (χ1) is 10.4. The van der Waals surface area contributed by atoms with Gasteiger partial charge in [0.05, 0.1) is 11.5 Å². The zero-order valence-electron chi connectivity index (χ0n) is 13.6. The highest BCUT2D eigenvalue weighted by atomic mass is 32.2. The van der Waals surface area contributed by atoms with E-state index in [1.54, 1.807) is 12.1 Å². The Kier molecular flexibility index (Phi) is 7.62. The van der Waals surface area contributed by atoms with Crippen molar-refractivity contribution in [2.45, 2.75) is 32.7 Å². The molecule has 0 aliphatic rings. The molecule has 0 aliphatic heterocycles. The van der Waals surface area contributed by atoms with E-state index in [0.29, 0.717) is 23.8 Å². The van der Waals surface area contributed by atoms with Crippen molar-refractivity contribution in [3.63, 3.8) is 0 Å². The summed E-state index contributed by atoms with van der Waals surface area (Å²) in [5.41, 5.74) is 6.08. The Bertz CT molecular complexity index is 491. The Morgan fingerprint density at radius 3 is 2.41 bits per heavy atom. The van der Waals surface area contributed by atoms with Gasteiger partial charge in [-0.1, -0.05) is 44.2 Å². The van der Waals surface area contributed by atoms with Crippen LogP contribution in [-0.2, 0) is 4.79 Å². The molecule has 1 rings (SSSR count). The molecule has 3 N–H and O–H groups in total. The van der Waals surface area contributed by atoms with Gasteiger partial charge in [0.2, 0.25) is 5.91 Å². The SMILES string of the molecule is CC(C)CC(C)(CN)NC(=O)CSCC(=O)c1ccccc1. The largest absolute Gasteiger partial charge is 0.349 e. The lowest BCUT2D eigenvalue weighted by Crippen LogP contribution is -2.52. The average molecular weight is 322 g/mol. The summed E-state index contributed by atoms with van der Waals surface area (Å²) in [6.45, 7) is 6.58. The van der Waals surface area contributed by atoms with Gasteiger partial charge in [0.25, 0.3) is 0 Å². The number of carbonyl (C=O) groups is 2. The number of Topliss-reactive ketones (excluding diaryl/α,β-unsaturated/α-hetero) is 1. The molecule has 1 aromatic rings. The van der Waals surface area contributed by atoms with Gasteiger partial charge in [-0.2, -0.15) is 0 Å². The van der Waals surface area contributed by atoms with Gasteiger partial charge < -0.3 is 11.1 Å². The smallest absolute Gasteiger partial charge is 0.230 e. The summed E-state index contributed by atoms with van der Waals surface area (Å²) in [7, 11) is 0. The Balaban J connectivity index is 2.38. The minimum Gasteiger partial charge on any atom is -0.349 e. The highest BCUT2D eigenvalue weighted by Crippen LogP contribution is 2.16. The van der Waals surface area contributed by atoms with E-state index >= 15 is 0 Å². The van der Waals surface area contributed by atoms with Crippen LogP contribution in [0.15, 0.2) is 30.3 Å². The lowest BCUT2D eigenvalue weighted by molar-refractivity contribution is -0.120. The van der Waals surface area contributed by atoms with Gasteiger partial charge >= 0.3 is 0 Å². The molecule has 0 bridgehead atoms. The van der Waals surface area contributed by atoms with Crippen LogP contribution in [0.3, 0.4) is 0 Å². The molecule has 0 radical (unpaired) electrons. The monoisotopic (exact) mass is 322 g/mol. The van der Waals surface area contributed by atoms with Gasteiger partial charge in [0, 0.05) is 17.6 Å². The third kappa shape index (κ3) is 6.62. The van der Waals surface area contributed by atoms with Crippen molar-refractivity contribution in [1.82, 2.24) is 5.32 Å². The van der Waals surface area contributed by atoms with Gasteiger partial charge in [-0.15, -0.1) is 11.8 Å². The normalized spacial score (nSPS) is 13.7. The molecule has 0 saturated carbocycles. The maximum atomic E-state index is 12.0. The number of nitrogens with two attached hydrogens (primary N) is 1. The fourth-order valence-corrected chi connectivity index (χ4v) is 3.11. The first kappa shape index (κ1) is 18.7. The third-order valence-electron chi connectivity index (χ3n) is 3.31. The number of rotatable bonds is 9. The van der Waals surface area contributed by atoms with Crippen LogP contribution >= 0.6 is 11.8 Å². The van der Waals surface area contributed by atoms with E-state index in [0.717, 1.165) is 6.42 Å². The number of amides is 1. The highest BCUT2D eigenvalue weighted by Gasteiger charge is 2.25. The second-order valence-electron chi connectivity index (χ2n) is 6.19. The fourth-order valence-electron chi connectivity index (χ4n) is 2.40. The van der Waals surface area contributed by atoms with E-state index in [-0.39, 0.29) is 23.0 Å². The molecule has 1 amide bonds. The molecule has 0 saturated heterocycles. The van der Waals surface area contributed by atoms with E-state index in [9.17, 15) is 9.59 Å². The Labute approximate surface area is 137 Å². The predicted octanol–water partition coefficient (Wildman–Crippen LogP) is 2.48. The van der Waals surface area contributed by atoms with Crippen LogP contribution in [0.5, 0.6) is 0 Å². The molecule has 122 valence electrons. The van der Waals surface area contributed by atoms with Gasteiger partial charge in [0.15, 0.2) is 5.78 Å². The standard InChI is InChI=1S/C17H26N2O2S/c1-13(2)9-17(3,12-18)19-16(21)11-22-10-15(20)14-7-5-4-6-8-14/h4-8,13H,9-12,18H2,1-3H3,(H,19,21). The summed E-state index contributed by atoms with van der Waals surface area (Å²) in [5, 5.41) is 2.99. The molecule has 0 fully saturated rings. The Hall–Kier alpha value is -1.33. The number of ketones is 1. The van der Waals surface area contributed by atoms with Crippen molar-refractivity contribution in [2.75, 3.05) is 18.1 Å². The van der Waals surface area contributed by atoms with Crippen molar-refractivity contribution in [3.05, 3.63) is 35.9 Å². The van der Waals surface area contributed by atoms with Gasteiger partial charge in [-0.05, 0) is 19.3 Å². The molecule has 0 aliphatic carbocycles. The van der Waals surface area contributed by atoms with Crippen LogP contribution in [0.1, 0.15) is 37.6 Å². The van der Waals surface area contributed by atoms with E-state index in [1.807, 2.05) is 25.1 Å². The number of carbonyl (C=O) groups excluding carboxylic acids is 2. The maximum absolute atomic E-state index is 12.0. The second kappa shape index (κ2) is 8.96. The molecular formula is C17H26N2O2S. The van der Waals surface area contributed by atoms with Gasteiger partial charge in [-0.3, -0.25) is 9.59 Å². The quantitative estimate of drug-likeness (QED) is 0.685. The van der Waals surface area contributed by atoms with Crippen LogP contribution in [0.4, 0.5) is 0 Å². The van der Waals surface area contributed by atoms with E-state index in [1.165, 1.54) is 11.8 Å². The lowest BCUT2D eigenvalue weighted by Gasteiger charge is -2.31. The van der Waals surface area contributed by atoms with Crippen molar-refractivity contribution < 1.29 is 9.59 Å². The third-order valence-corrected chi connectivity index (χ3v) is 4.25. The molecule has 1 atom stereocenters. The second-order valence-corrected chi connectivity index (χ2v) is 7.18. The van der Waals surface area contributed by atoms with Gasteiger partial charge in [-0.25, -0.2) is 0 Å². The van der Waals surface area contributed by atoms with Crippen molar-refractivity contribution in [2.24, 2.45) is 11.7 Å². The van der Waals surface area contributed by atoms with Gasteiger partial charge in [0.1, 0.15) is 0 Å². The maximum Gasteiger partial charge on any atom is 0.230 e. The zero-order chi connectivity index (χ0) is 16.6. The van der Waals surface area contributed by atoms with E-state index in [4.69, 9.17) is 5.73 Å². The topological polar surface area (TPSA) is 72.2 Å². The molecular weight excluding hydrogens is 296 g/mol. The molecule has 0 heterocycles. The summed E-state index contributed by atoms with van der Waals surface area (Å²) in [5.74, 6) is 1.01. The molecule has 5 heteroatoms. The Morgan fingerprint density at radius 1 is 1.23 bits per heavy atom. The molecule has 22 heavy (non-hydrogen) atoms. The summed E-state index contributed by atoms with van der Waals surface area (Å²) in [6.07, 6.45) is 0.836. The number of hydrogen-bond donors (Lipinski definition) is 2. The summed E-state index contributed by atoms with van der Waals surface area (Å²) in [6, 6.07) is 9.13. The van der Waals surface area contributed by atoms with E-state index < -0.39 is 0 Å². The van der Waals surface area contributed by atoms with E-state index in [2.05, 4.69) is 19.2 Å². The lowest BCUT2D eigenvalue weighted by atomic mass is 9.91. The Morgan fingerprint density at radius 2 is 1.86 bits per heavy atom. The minimum atomic E-state index is -0.380.